The Morgan fingerprint density at radius 1 is 1.39 bits per heavy atom. The van der Waals surface area contributed by atoms with Crippen molar-refractivity contribution in [3.05, 3.63) is 0 Å². The van der Waals surface area contributed by atoms with E-state index in [2.05, 4.69) is 10.6 Å². The molecule has 0 saturated carbocycles. The first-order chi connectivity index (χ1) is 8.31. The molecule has 0 aromatic heterocycles. The van der Waals surface area contributed by atoms with E-state index in [0.717, 1.165) is 0 Å². The molecule has 18 heavy (non-hydrogen) atoms. The molecule has 0 aromatic rings. The van der Waals surface area contributed by atoms with Crippen LogP contribution >= 0.6 is 0 Å². The minimum Gasteiger partial charge on any atom is -0.366 e. The van der Waals surface area contributed by atoms with E-state index in [4.69, 9.17) is 4.74 Å². The lowest BCUT2D eigenvalue weighted by molar-refractivity contribution is -0.140. The fourth-order valence-electron chi connectivity index (χ4n) is 1.83. The summed E-state index contributed by atoms with van der Waals surface area (Å²) in [5.41, 5.74) is -0.233. The second-order valence-corrected chi connectivity index (χ2v) is 5.51. The van der Waals surface area contributed by atoms with Gasteiger partial charge >= 0.3 is 0 Å². The highest BCUT2D eigenvalue weighted by molar-refractivity contribution is 5.81. The van der Waals surface area contributed by atoms with E-state index in [1.54, 1.807) is 7.05 Å². The minimum absolute atomic E-state index is 0.0277. The lowest BCUT2D eigenvalue weighted by atomic mass is 10.1. The molecular formula is C12H23N3O3. The van der Waals surface area contributed by atoms with Crippen LogP contribution < -0.4 is 10.6 Å². The van der Waals surface area contributed by atoms with E-state index in [0.29, 0.717) is 26.2 Å². The molecule has 1 fully saturated rings. The first-order valence-corrected chi connectivity index (χ1v) is 6.18. The fourth-order valence-corrected chi connectivity index (χ4v) is 1.83. The zero-order valence-corrected chi connectivity index (χ0v) is 11.6. The third kappa shape index (κ3) is 5.01. The first kappa shape index (κ1) is 14.9. The number of carbonyl (C=O) groups excluding carboxylic acids is 2. The summed E-state index contributed by atoms with van der Waals surface area (Å²) in [6.07, 6.45) is -0.480. The number of nitrogens with zero attached hydrogens (tertiary/aromatic N) is 1. The Bertz CT molecular complexity index is 312. The lowest BCUT2D eigenvalue weighted by Crippen LogP contribution is -2.53. The number of amides is 2. The van der Waals surface area contributed by atoms with Gasteiger partial charge in [0.05, 0.1) is 13.2 Å². The van der Waals surface area contributed by atoms with Crippen LogP contribution in [0.25, 0.3) is 0 Å². The van der Waals surface area contributed by atoms with Gasteiger partial charge in [-0.25, -0.2) is 0 Å². The third-order valence-electron chi connectivity index (χ3n) is 2.57. The summed E-state index contributed by atoms with van der Waals surface area (Å²) in [5, 5.41) is 5.46. The maximum Gasteiger partial charge on any atom is 0.250 e. The molecule has 2 amide bonds. The summed E-state index contributed by atoms with van der Waals surface area (Å²) in [7, 11) is 1.58. The van der Waals surface area contributed by atoms with E-state index in [1.165, 1.54) is 0 Å². The molecule has 2 N–H and O–H groups in total. The van der Waals surface area contributed by atoms with Crippen molar-refractivity contribution >= 4 is 11.8 Å². The van der Waals surface area contributed by atoms with Gasteiger partial charge in [0.2, 0.25) is 11.8 Å². The van der Waals surface area contributed by atoms with Crippen LogP contribution in [0.3, 0.4) is 0 Å². The molecular weight excluding hydrogens is 234 g/mol. The Balaban J connectivity index is 2.43. The SMILES string of the molecule is CNC(=O)C1CN(CC(=O)NC(C)(C)C)CCO1. The van der Waals surface area contributed by atoms with Crippen molar-refractivity contribution in [1.82, 2.24) is 15.5 Å². The maximum absolute atomic E-state index is 11.8. The Kier molecular flexibility index (Phi) is 5.10. The van der Waals surface area contributed by atoms with Gasteiger partial charge in [0.1, 0.15) is 6.10 Å². The molecule has 1 atom stereocenters. The largest absolute Gasteiger partial charge is 0.366 e. The average molecular weight is 257 g/mol. The van der Waals surface area contributed by atoms with Gasteiger partial charge in [-0.3, -0.25) is 14.5 Å². The summed E-state index contributed by atoms with van der Waals surface area (Å²) in [5.74, 6) is -0.170. The Morgan fingerprint density at radius 2 is 2.06 bits per heavy atom. The number of carbonyl (C=O) groups is 2. The minimum atomic E-state index is -0.480. The van der Waals surface area contributed by atoms with Gasteiger partial charge in [-0.2, -0.15) is 0 Å². The molecule has 1 aliphatic rings. The number of morpholine rings is 1. The number of hydrogen-bond acceptors (Lipinski definition) is 4. The van der Waals surface area contributed by atoms with Crippen molar-refractivity contribution in [2.24, 2.45) is 0 Å². The number of ether oxygens (including phenoxy) is 1. The molecule has 0 spiro atoms. The van der Waals surface area contributed by atoms with E-state index < -0.39 is 6.10 Å². The van der Waals surface area contributed by atoms with Crippen LogP contribution in [-0.4, -0.2) is 61.6 Å². The van der Waals surface area contributed by atoms with Crippen LogP contribution in [0.5, 0.6) is 0 Å². The van der Waals surface area contributed by atoms with Crippen LogP contribution in [0, 0.1) is 0 Å². The average Bonchev–Trinajstić information content (AvgIpc) is 2.25. The van der Waals surface area contributed by atoms with Gasteiger partial charge in [-0.15, -0.1) is 0 Å². The van der Waals surface area contributed by atoms with Crippen molar-refractivity contribution in [3.63, 3.8) is 0 Å². The Hall–Kier alpha value is -1.14. The summed E-state index contributed by atoms with van der Waals surface area (Å²) in [4.78, 5) is 25.2. The number of hydrogen-bond donors (Lipinski definition) is 2. The van der Waals surface area contributed by atoms with Gasteiger partial charge in [-0.05, 0) is 20.8 Å². The predicted octanol–water partition coefficient (Wildman–Crippen LogP) is -0.652. The molecule has 1 unspecified atom stereocenters. The molecule has 1 saturated heterocycles. The van der Waals surface area contributed by atoms with E-state index in [9.17, 15) is 9.59 Å². The lowest BCUT2D eigenvalue weighted by Gasteiger charge is -2.32. The van der Waals surface area contributed by atoms with Crippen LogP contribution in [0.1, 0.15) is 20.8 Å². The normalized spacial score (nSPS) is 21.4. The van der Waals surface area contributed by atoms with Gasteiger partial charge in [-0.1, -0.05) is 0 Å². The van der Waals surface area contributed by atoms with Crippen LogP contribution in [-0.2, 0) is 14.3 Å². The highest BCUT2D eigenvalue weighted by Crippen LogP contribution is 2.06. The topological polar surface area (TPSA) is 70.7 Å². The van der Waals surface area contributed by atoms with Crippen molar-refractivity contribution in [3.8, 4) is 0 Å². The summed E-state index contributed by atoms with van der Waals surface area (Å²) < 4.78 is 5.36. The van der Waals surface area contributed by atoms with Gasteiger partial charge in [0.25, 0.3) is 0 Å². The number of rotatable bonds is 3. The van der Waals surface area contributed by atoms with Crippen molar-refractivity contribution in [2.45, 2.75) is 32.4 Å². The maximum atomic E-state index is 11.8. The van der Waals surface area contributed by atoms with Crippen LogP contribution in [0.2, 0.25) is 0 Å². The van der Waals surface area contributed by atoms with Gasteiger partial charge < -0.3 is 15.4 Å². The fraction of sp³-hybridized carbons (Fsp3) is 0.833. The molecule has 6 heteroatoms. The first-order valence-electron chi connectivity index (χ1n) is 6.18. The highest BCUT2D eigenvalue weighted by atomic mass is 16.5. The van der Waals surface area contributed by atoms with Crippen molar-refractivity contribution in [2.75, 3.05) is 33.3 Å². The Morgan fingerprint density at radius 3 is 2.61 bits per heavy atom. The zero-order valence-electron chi connectivity index (χ0n) is 11.6. The Labute approximate surface area is 108 Å². The quantitative estimate of drug-likeness (QED) is 0.705. The molecule has 0 aromatic carbocycles. The van der Waals surface area contributed by atoms with Gasteiger partial charge in [0.15, 0.2) is 0 Å². The molecule has 1 heterocycles. The molecule has 6 nitrogen and oxygen atoms in total. The number of likely N-dealkylation sites (N-methyl/N-ethyl adjacent to an activating group) is 1. The third-order valence-corrected chi connectivity index (χ3v) is 2.57. The molecule has 0 bridgehead atoms. The second-order valence-electron chi connectivity index (χ2n) is 5.51. The molecule has 0 radical (unpaired) electrons. The second kappa shape index (κ2) is 6.15. The zero-order chi connectivity index (χ0) is 13.8. The molecule has 104 valence electrons. The highest BCUT2D eigenvalue weighted by Gasteiger charge is 2.27. The van der Waals surface area contributed by atoms with Crippen LogP contribution in [0.15, 0.2) is 0 Å². The van der Waals surface area contributed by atoms with Crippen molar-refractivity contribution < 1.29 is 14.3 Å². The number of nitrogens with one attached hydrogen (secondary N) is 2. The van der Waals surface area contributed by atoms with E-state index >= 15 is 0 Å². The smallest absolute Gasteiger partial charge is 0.250 e. The molecule has 1 aliphatic heterocycles. The summed E-state index contributed by atoms with van der Waals surface area (Å²) in [6, 6.07) is 0. The molecule has 1 rings (SSSR count). The van der Waals surface area contributed by atoms with Gasteiger partial charge in [0, 0.05) is 25.7 Å². The van der Waals surface area contributed by atoms with E-state index in [1.807, 2.05) is 25.7 Å². The molecule has 0 aliphatic carbocycles. The standard InChI is InChI=1S/C12H23N3O3/c1-12(2,3)14-10(16)8-15-5-6-18-9(7-15)11(17)13-4/h9H,5-8H2,1-4H3,(H,13,17)(H,14,16). The summed E-state index contributed by atoms with van der Waals surface area (Å²) >= 11 is 0. The van der Waals surface area contributed by atoms with E-state index in [-0.39, 0.29) is 17.4 Å². The monoisotopic (exact) mass is 257 g/mol. The van der Waals surface area contributed by atoms with Crippen molar-refractivity contribution in [1.29, 1.82) is 0 Å². The summed E-state index contributed by atoms with van der Waals surface area (Å²) in [6.45, 7) is 7.73. The van der Waals surface area contributed by atoms with Crippen LogP contribution in [0.4, 0.5) is 0 Å². The predicted molar refractivity (Wildman–Crippen MR) is 68.1 cm³/mol.